The summed E-state index contributed by atoms with van der Waals surface area (Å²) in [5, 5.41) is 0. The summed E-state index contributed by atoms with van der Waals surface area (Å²) in [5.74, 6) is -0.359. The van der Waals surface area contributed by atoms with Gasteiger partial charge >= 0.3 is 5.97 Å². The summed E-state index contributed by atoms with van der Waals surface area (Å²) >= 11 is 0. The van der Waals surface area contributed by atoms with Gasteiger partial charge in [-0.3, -0.25) is 0 Å². The number of nitrogens with zero attached hydrogens (tertiary/aromatic N) is 1. The number of hydrogen-bond donors (Lipinski definition) is 0. The predicted octanol–water partition coefficient (Wildman–Crippen LogP) is 6.91. The van der Waals surface area contributed by atoms with E-state index in [4.69, 9.17) is 0 Å². The molecule has 27 heavy (non-hydrogen) atoms. The minimum atomic E-state index is -0.359. The largest absolute Gasteiger partial charge is 0.463 e. The molecule has 0 N–H and O–H groups in total. The Hall–Kier alpha value is -0.830. The van der Waals surface area contributed by atoms with Crippen LogP contribution in [0.4, 0.5) is 0 Å². The van der Waals surface area contributed by atoms with Crippen molar-refractivity contribution >= 4 is 5.97 Å². The van der Waals surface area contributed by atoms with Crippen molar-refractivity contribution in [3.8, 4) is 0 Å². The summed E-state index contributed by atoms with van der Waals surface area (Å²) in [6.45, 7) is 9.00. The summed E-state index contributed by atoms with van der Waals surface area (Å²) in [6, 6.07) is 0. The minimum Gasteiger partial charge on any atom is -0.463 e. The van der Waals surface area contributed by atoms with Gasteiger partial charge in [0, 0.05) is 6.08 Å². The van der Waals surface area contributed by atoms with Gasteiger partial charge in [-0.15, -0.1) is 0 Å². The maximum atomic E-state index is 10.1. The fourth-order valence-electron chi connectivity index (χ4n) is 2.98. The van der Waals surface area contributed by atoms with Crippen molar-refractivity contribution in [2.75, 3.05) is 34.3 Å². The molecular weight excluding hydrogens is 334 g/mol. The van der Waals surface area contributed by atoms with Crippen LogP contribution in [-0.2, 0) is 9.53 Å². The Morgan fingerprint density at radius 2 is 1.11 bits per heavy atom. The molecule has 0 aromatic heterocycles. The smallest absolute Gasteiger partial charge is 0.330 e. The Bertz CT molecular complexity index is 321. The highest BCUT2D eigenvalue weighted by Gasteiger charge is 2.04. The molecule has 3 nitrogen and oxygen atoms in total. The molecule has 0 aromatic carbocycles. The van der Waals surface area contributed by atoms with Crippen molar-refractivity contribution in [3.63, 3.8) is 0 Å². The molecule has 0 aromatic rings. The lowest BCUT2D eigenvalue weighted by Gasteiger charge is -2.23. The van der Waals surface area contributed by atoms with E-state index >= 15 is 0 Å². The van der Waals surface area contributed by atoms with Gasteiger partial charge in [-0.05, 0) is 19.8 Å². The number of hydrogen-bond acceptors (Lipinski definition) is 2. The van der Waals surface area contributed by atoms with E-state index in [1.165, 1.54) is 96.4 Å². The van der Waals surface area contributed by atoms with Crippen LogP contribution in [0.15, 0.2) is 12.7 Å². The Morgan fingerprint density at radius 3 is 1.37 bits per heavy atom. The fourth-order valence-corrected chi connectivity index (χ4v) is 2.98. The molecule has 3 heteroatoms. The molecule has 0 heterocycles. The van der Waals surface area contributed by atoms with Crippen molar-refractivity contribution in [3.05, 3.63) is 12.7 Å². The molecule has 0 atom stereocenters. The van der Waals surface area contributed by atoms with Gasteiger partial charge in [-0.1, -0.05) is 90.6 Å². The third kappa shape index (κ3) is 30.2. The normalized spacial score (nSPS) is 10.9. The van der Waals surface area contributed by atoms with Gasteiger partial charge in [0.1, 0.15) is 0 Å². The van der Waals surface area contributed by atoms with Gasteiger partial charge in [0.25, 0.3) is 0 Å². The highest BCUT2D eigenvalue weighted by molar-refractivity contribution is 5.81. The number of ether oxygens (including phenoxy) is 1. The summed E-state index contributed by atoms with van der Waals surface area (Å²) in [6.07, 6.45) is 21.5. The van der Waals surface area contributed by atoms with Crippen molar-refractivity contribution < 1.29 is 14.0 Å². The lowest BCUT2D eigenvalue weighted by Crippen LogP contribution is -2.35. The number of rotatable bonds is 17. The summed E-state index contributed by atoms with van der Waals surface area (Å²) in [5.41, 5.74) is 0. The topological polar surface area (TPSA) is 26.3 Å². The van der Waals surface area contributed by atoms with Crippen molar-refractivity contribution in [2.45, 2.75) is 104 Å². The summed E-state index contributed by atoms with van der Waals surface area (Å²) < 4.78 is 5.56. The van der Waals surface area contributed by atoms with Gasteiger partial charge < -0.3 is 9.22 Å². The lowest BCUT2D eigenvalue weighted by atomic mass is 10.0. The third-order valence-electron chi connectivity index (χ3n) is 4.64. The molecule has 0 unspecified atom stereocenters. The average Bonchev–Trinajstić information content (AvgIpc) is 2.62. The van der Waals surface area contributed by atoms with Crippen molar-refractivity contribution in [1.82, 2.24) is 0 Å². The van der Waals surface area contributed by atoms with Crippen LogP contribution >= 0.6 is 0 Å². The predicted molar refractivity (Wildman–Crippen MR) is 120 cm³/mol. The molecular formula is C24H50NO2+. The van der Waals surface area contributed by atoms with Crippen LogP contribution < -0.4 is 0 Å². The second-order valence-electron chi connectivity index (χ2n) is 8.57. The molecule has 0 rings (SSSR count). The molecule has 0 radical (unpaired) electrons. The van der Waals surface area contributed by atoms with Crippen molar-refractivity contribution in [2.24, 2.45) is 0 Å². The van der Waals surface area contributed by atoms with Crippen LogP contribution in [0.2, 0.25) is 0 Å². The molecule has 0 saturated heterocycles. The highest BCUT2D eigenvalue weighted by atomic mass is 16.5. The van der Waals surface area contributed by atoms with E-state index in [1.54, 1.807) is 6.92 Å². The lowest BCUT2D eigenvalue weighted by molar-refractivity contribution is -0.870. The standard InChI is InChI=1S/C19H42N.C5H8O2/c1-5-6-7-8-9-10-11-12-13-14-15-16-17-18-19-20(2,3)4;1-3-5(6)7-4-2/h5-19H2,1-4H3;3H,1,4H2,2H3/q+1;. The van der Waals surface area contributed by atoms with Crippen LogP contribution in [0.1, 0.15) is 104 Å². The van der Waals surface area contributed by atoms with Crippen molar-refractivity contribution in [1.29, 1.82) is 0 Å². The maximum Gasteiger partial charge on any atom is 0.330 e. The Labute approximate surface area is 171 Å². The molecule has 0 aliphatic rings. The van der Waals surface area contributed by atoms with Crippen LogP contribution in [-0.4, -0.2) is 44.7 Å². The SMILES string of the molecule is C=CC(=O)OCC.CCCCCCCCCCCCCCCC[N+](C)(C)C. The third-order valence-corrected chi connectivity index (χ3v) is 4.64. The molecule has 0 amide bonds. The van der Waals surface area contributed by atoms with E-state index in [0.717, 1.165) is 10.6 Å². The van der Waals surface area contributed by atoms with Gasteiger partial charge in [0.2, 0.25) is 0 Å². The maximum absolute atomic E-state index is 10.1. The monoisotopic (exact) mass is 384 g/mol. The van der Waals surface area contributed by atoms with Crippen LogP contribution in [0, 0.1) is 0 Å². The first-order valence-electron chi connectivity index (χ1n) is 11.5. The molecule has 0 fully saturated rings. The number of quaternary nitrogens is 1. The van der Waals surface area contributed by atoms with Gasteiger partial charge in [0.15, 0.2) is 0 Å². The molecule has 0 saturated carbocycles. The van der Waals surface area contributed by atoms with Gasteiger partial charge in [-0.25, -0.2) is 4.79 Å². The van der Waals surface area contributed by atoms with E-state index in [2.05, 4.69) is 39.4 Å². The van der Waals surface area contributed by atoms with Crippen LogP contribution in [0.3, 0.4) is 0 Å². The molecule has 0 aliphatic carbocycles. The quantitative estimate of drug-likeness (QED) is 0.118. The van der Waals surface area contributed by atoms with Gasteiger partial charge in [0.05, 0.1) is 34.3 Å². The second-order valence-corrected chi connectivity index (χ2v) is 8.57. The first-order valence-corrected chi connectivity index (χ1v) is 11.5. The zero-order chi connectivity index (χ0) is 20.8. The number of carbonyl (C=O) groups excluding carboxylic acids is 1. The van der Waals surface area contributed by atoms with Crippen LogP contribution in [0.25, 0.3) is 0 Å². The zero-order valence-corrected chi connectivity index (χ0v) is 19.4. The molecule has 0 aliphatic heterocycles. The second kappa shape index (κ2) is 21.5. The Balaban J connectivity index is 0. The van der Waals surface area contributed by atoms with E-state index in [0.29, 0.717) is 6.61 Å². The van der Waals surface area contributed by atoms with E-state index < -0.39 is 0 Å². The number of unbranched alkanes of at least 4 members (excludes halogenated alkanes) is 13. The number of esters is 1. The minimum absolute atomic E-state index is 0.359. The Morgan fingerprint density at radius 1 is 0.741 bits per heavy atom. The first kappa shape index (κ1) is 28.4. The Kier molecular flexibility index (Phi) is 22.6. The molecule has 0 spiro atoms. The fraction of sp³-hybridized carbons (Fsp3) is 0.875. The number of carbonyl (C=O) groups is 1. The zero-order valence-electron chi connectivity index (χ0n) is 19.4. The molecule has 0 bridgehead atoms. The highest BCUT2D eigenvalue weighted by Crippen LogP contribution is 2.13. The average molecular weight is 385 g/mol. The summed E-state index contributed by atoms with van der Waals surface area (Å²) in [4.78, 5) is 10.1. The van der Waals surface area contributed by atoms with E-state index in [-0.39, 0.29) is 5.97 Å². The van der Waals surface area contributed by atoms with E-state index in [1.807, 2.05) is 0 Å². The summed E-state index contributed by atoms with van der Waals surface area (Å²) in [7, 11) is 6.88. The first-order chi connectivity index (χ1) is 12.9. The van der Waals surface area contributed by atoms with Crippen LogP contribution in [0.5, 0.6) is 0 Å². The molecule has 162 valence electrons. The van der Waals surface area contributed by atoms with E-state index in [9.17, 15) is 4.79 Å². The van der Waals surface area contributed by atoms with Gasteiger partial charge in [-0.2, -0.15) is 0 Å².